The van der Waals surface area contributed by atoms with Crippen molar-refractivity contribution in [1.82, 2.24) is 0 Å². The number of nitrogens with zero attached hydrogens (tertiary/aromatic N) is 2. The van der Waals surface area contributed by atoms with Crippen molar-refractivity contribution in [3.63, 3.8) is 0 Å². The molecule has 3 rings (SSSR count). The first-order valence-electron chi connectivity index (χ1n) is 6.96. The maximum Gasteiger partial charge on any atom is 0.416 e. The number of hydrogen-bond donors (Lipinski definition) is 0. The van der Waals surface area contributed by atoms with E-state index in [4.69, 9.17) is 0 Å². The summed E-state index contributed by atoms with van der Waals surface area (Å²) in [5, 5.41) is 0. The second-order valence-corrected chi connectivity index (χ2v) is 5.50. The Balaban J connectivity index is 2.00. The number of fused-ring (bicyclic) bond motifs is 1. The zero-order valence-corrected chi connectivity index (χ0v) is 12.4. The third-order valence-electron chi connectivity index (χ3n) is 3.84. The normalized spacial score (nSPS) is 14.6. The number of alkyl halides is 3. The smallest absolute Gasteiger partial charge is 0.319 e. The quantitative estimate of drug-likeness (QED) is 0.716. The van der Waals surface area contributed by atoms with Crippen LogP contribution in [0.4, 0.5) is 24.5 Å². The Kier molecular flexibility index (Phi) is 3.43. The highest BCUT2D eigenvalue weighted by molar-refractivity contribution is 5.88. The predicted octanol–water partition coefficient (Wildman–Crippen LogP) is 4.18. The average Bonchev–Trinajstić information content (AvgIpc) is 2.46. The second kappa shape index (κ2) is 5.16. The van der Waals surface area contributed by atoms with Crippen LogP contribution >= 0.6 is 0 Å². The standard InChI is InChI=1S/C17H16F3N2/c1-12-4-3-5-13-10-22(11-21(2)16(12)13)15-8-6-14(7-9-15)17(18,19)20/h3-10H,11H2,1-2H3/q+1. The summed E-state index contributed by atoms with van der Waals surface area (Å²) in [5.41, 5.74) is 3.52. The first-order valence-corrected chi connectivity index (χ1v) is 6.96. The van der Waals surface area contributed by atoms with Gasteiger partial charge in [0.15, 0.2) is 6.21 Å². The van der Waals surface area contributed by atoms with Crippen molar-refractivity contribution in [2.45, 2.75) is 13.1 Å². The van der Waals surface area contributed by atoms with Crippen molar-refractivity contribution in [3.05, 3.63) is 59.2 Å². The summed E-state index contributed by atoms with van der Waals surface area (Å²) in [6, 6.07) is 11.3. The van der Waals surface area contributed by atoms with Crippen LogP contribution in [-0.2, 0) is 6.18 Å². The lowest BCUT2D eigenvalue weighted by molar-refractivity contribution is -0.435. The molecule has 0 saturated heterocycles. The van der Waals surface area contributed by atoms with Crippen LogP contribution in [0.3, 0.4) is 0 Å². The molecule has 0 unspecified atom stereocenters. The molecule has 0 aromatic heterocycles. The number of hydrogen-bond acceptors (Lipinski definition) is 1. The van der Waals surface area contributed by atoms with Crippen LogP contribution in [0.15, 0.2) is 42.5 Å². The lowest BCUT2D eigenvalue weighted by Gasteiger charge is -2.25. The summed E-state index contributed by atoms with van der Waals surface area (Å²) >= 11 is 0. The fourth-order valence-electron chi connectivity index (χ4n) is 2.81. The van der Waals surface area contributed by atoms with Crippen molar-refractivity contribution >= 4 is 17.6 Å². The van der Waals surface area contributed by atoms with Crippen molar-refractivity contribution in [2.24, 2.45) is 0 Å². The summed E-state index contributed by atoms with van der Waals surface area (Å²) in [4.78, 5) is 2.10. The van der Waals surface area contributed by atoms with Gasteiger partial charge in [0.05, 0.1) is 16.8 Å². The first kappa shape index (κ1) is 14.6. The summed E-state index contributed by atoms with van der Waals surface area (Å²) in [6.07, 6.45) is -2.32. The van der Waals surface area contributed by atoms with Crippen LogP contribution in [0, 0.1) is 6.92 Å². The van der Waals surface area contributed by atoms with Crippen LogP contribution in [0.5, 0.6) is 0 Å². The third-order valence-corrected chi connectivity index (χ3v) is 3.84. The first-order chi connectivity index (χ1) is 10.4. The van der Waals surface area contributed by atoms with E-state index in [9.17, 15) is 13.2 Å². The number of benzene rings is 2. The van der Waals surface area contributed by atoms with Gasteiger partial charge in [0.2, 0.25) is 12.4 Å². The Morgan fingerprint density at radius 3 is 2.36 bits per heavy atom. The van der Waals surface area contributed by atoms with E-state index in [2.05, 4.69) is 17.9 Å². The van der Waals surface area contributed by atoms with E-state index in [1.807, 2.05) is 30.0 Å². The van der Waals surface area contributed by atoms with Gasteiger partial charge < -0.3 is 4.90 Å². The molecular weight excluding hydrogens is 289 g/mol. The molecule has 0 fully saturated rings. The van der Waals surface area contributed by atoms with Gasteiger partial charge in [-0.25, -0.2) is 0 Å². The van der Waals surface area contributed by atoms with Gasteiger partial charge in [-0.15, -0.1) is 0 Å². The maximum absolute atomic E-state index is 12.6. The molecule has 1 aliphatic rings. The number of para-hydroxylation sites is 1. The van der Waals surface area contributed by atoms with E-state index >= 15 is 0 Å². The van der Waals surface area contributed by atoms with Gasteiger partial charge in [-0.2, -0.15) is 17.7 Å². The molecule has 2 nitrogen and oxygen atoms in total. The third kappa shape index (κ3) is 2.58. The summed E-state index contributed by atoms with van der Waals surface area (Å²) in [7, 11) is 1.98. The van der Waals surface area contributed by atoms with Gasteiger partial charge in [-0.05, 0) is 30.7 Å². The van der Waals surface area contributed by atoms with E-state index in [0.29, 0.717) is 6.67 Å². The zero-order chi connectivity index (χ0) is 15.9. The number of rotatable bonds is 1. The van der Waals surface area contributed by atoms with E-state index in [1.54, 1.807) is 0 Å². The zero-order valence-electron chi connectivity index (χ0n) is 12.4. The molecule has 114 valence electrons. The Labute approximate surface area is 127 Å². The molecule has 0 bridgehead atoms. The fourth-order valence-corrected chi connectivity index (χ4v) is 2.81. The van der Waals surface area contributed by atoms with Crippen molar-refractivity contribution < 1.29 is 17.7 Å². The van der Waals surface area contributed by atoms with Gasteiger partial charge in [0, 0.05) is 19.2 Å². The molecular formula is C17H16F3N2+. The van der Waals surface area contributed by atoms with E-state index in [1.165, 1.54) is 17.7 Å². The van der Waals surface area contributed by atoms with E-state index in [0.717, 1.165) is 29.1 Å². The lowest BCUT2D eigenvalue weighted by Crippen LogP contribution is -2.32. The average molecular weight is 305 g/mol. The molecule has 0 amide bonds. The minimum Gasteiger partial charge on any atom is -0.319 e. The van der Waals surface area contributed by atoms with Crippen molar-refractivity contribution in [1.29, 1.82) is 0 Å². The highest BCUT2D eigenvalue weighted by Gasteiger charge is 2.31. The molecule has 0 radical (unpaired) electrons. The van der Waals surface area contributed by atoms with Gasteiger partial charge in [0.25, 0.3) is 0 Å². The molecule has 1 heterocycles. The highest BCUT2D eigenvalue weighted by Crippen LogP contribution is 2.31. The van der Waals surface area contributed by atoms with Crippen LogP contribution < -0.4 is 4.90 Å². The monoisotopic (exact) mass is 305 g/mol. The van der Waals surface area contributed by atoms with Gasteiger partial charge >= 0.3 is 6.18 Å². The molecule has 2 aromatic rings. The molecule has 0 saturated carbocycles. The second-order valence-electron chi connectivity index (χ2n) is 5.50. The van der Waals surface area contributed by atoms with E-state index in [-0.39, 0.29) is 0 Å². The molecule has 0 atom stereocenters. The van der Waals surface area contributed by atoms with Crippen molar-refractivity contribution in [2.75, 3.05) is 18.6 Å². The van der Waals surface area contributed by atoms with Crippen molar-refractivity contribution in [3.8, 4) is 0 Å². The molecule has 0 spiro atoms. The van der Waals surface area contributed by atoms with Crippen LogP contribution in [-0.4, -0.2) is 24.5 Å². The van der Waals surface area contributed by atoms with Gasteiger partial charge in [-0.3, -0.25) is 0 Å². The Bertz CT molecular complexity index is 731. The fraction of sp³-hybridized carbons (Fsp3) is 0.235. The summed E-state index contributed by atoms with van der Waals surface area (Å²) in [5.74, 6) is 0. The maximum atomic E-state index is 12.6. The minimum atomic E-state index is -4.30. The number of halogens is 3. The molecule has 2 aromatic carbocycles. The number of anilines is 1. The van der Waals surface area contributed by atoms with Crippen LogP contribution in [0.2, 0.25) is 0 Å². The predicted molar refractivity (Wildman–Crippen MR) is 81.0 cm³/mol. The molecule has 0 N–H and O–H groups in total. The van der Waals surface area contributed by atoms with E-state index < -0.39 is 11.7 Å². The summed E-state index contributed by atoms with van der Waals surface area (Å²) < 4.78 is 39.9. The Morgan fingerprint density at radius 2 is 1.73 bits per heavy atom. The molecule has 5 heteroatoms. The van der Waals surface area contributed by atoms with Crippen LogP contribution in [0.1, 0.15) is 16.7 Å². The topological polar surface area (TPSA) is 6.25 Å². The molecule has 1 aliphatic heterocycles. The molecule has 22 heavy (non-hydrogen) atoms. The number of aryl methyl sites for hydroxylation is 1. The Morgan fingerprint density at radius 1 is 1.05 bits per heavy atom. The van der Waals surface area contributed by atoms with Gasteiger partial charge in [-0.1, -0.05) is 12.1 Å². The minimum absolute atomic E-state index is 0.600. The lowest BCUT2D eigenvalue weighted by atomic mass is 10.1. The molecule has 0 aliphatic carbocycles. The van der Waals surface area contributed by atoms with Gasteiger partial charge in [0.1, 0.15) is 0 Å². The highest BCUT2D eigenvalue weighted by atomic mass is 19.4. The summed E-state index contributed by atoms with van der Waals surface area (Å²) in [6.45, 7) is 2.65. The SMILES string of the molecule is Cc1cccc2c1N(C)C[N+](c1ccc(C(F)(F)F)cc1)=C2. The van der Waals surface area contributed by atoms with Crippen LogP contribution in [0.25, 0.3) is 0 Å². The Hall–Kier alpha value is -2.30. The largest absolute Gasteiger partial charge is 0.416 e.